The fraction of sp³-hybridized carbons (Fsp3) is 0. The highest BCUT2D eigenvalue weighted by molar-refractivity contribution is 9.10. The average Bonchev–Trinajstić information content (AvgIpc) is 2.43. The van der Waals surface area contributed by atoms with Crippen LogP contribution in [-0.4, -0.2) is 6.03 Å². The van der Waals surface area contributed by atoms with E-state index in [1.807, 2.05) is 6.07 Å². The third kappa shape index (κ3) is 3.50. The van der Waals surface area contributed by atoms with Gasteiger partial charge in [-0.1, -0.05) is 39.7 Å². The first-order valence-electron chi connectivity index (χ1n) is 5.62. The van der Waals surface area contributed by atoms with Crippen molar-refractivity contribution in [2.75, 3.05) is 10.6 Å². The average molecular weight is 351 g/mol. The number of anilines is 2. The molecule has 0 aliphatic heterocycles. The molecule has 0 bridgehead atoms. The van der Waals surface area contributed by atoms with E-state index in [0.29, 0.717) is 22.0 Å². The number of amides is 2. The van der Waals surface area contributed by atoms with Gasteiger partial charge in [-0.05, 0) is 30.3 Å². The molecule has 2 N–H and O–H groups in total. The number of hydrogen-bond donors (Lipinski definition) is 2. The smallest absolute Gasteiger partial charge is 0.306 e. The van der Waals surface area contributed by atoms with E-state index in [4.69, 9.17) is 16.9 Å². The van der Waals surface area contributed by atoms with Gasteiger partial charge in [0.2, 0.25) is 0 Å². The molecule has 0 atom stereocenters. The summed E-state index contributed by atoms with van der Waals surface area (Å²) in [5, 5.41) is 14.7. The minimum absolute atomic E-state index is 0.369. The lowest BCUT2D eigenvalue weighted by Gasteiger charge is -2.10. The van der Waals surface area contributed by atoms with Crippen LogP contribution in [0.15, 0.2) is 46.9 Å². The molecular weight excluding hydrogens is 342 g/mol. The van der Waals surface area contributed by atoms with Gasteiger partial charge < -0.3 is 10.6 Å². The Labute approximate surface area is 129 Å². The van der Waals surface area contributed by atoms with E-state index >= 15 is 0 Å². The normalized spacial score (nSPS) is 9.65. The number of carbonyl (C=O) groups is 1. The summed E-state index contributed by atoms with van der Waals surface area (Å²) in [6.45, 7) is 0. The molecule has 0 saturated heterocycles. The maximum atomic E-state index is 11.9. The van der Waals surface area contributed by atoms with Gasteiger partial charge in [0.15, 0.2) is 0 Å². The molecule has 0 aliphatic rings. The van der Waals surface area contributed by atoms with E-state index in [0.717, 1.165) is 4.47 Å². The molecular formula is C14H9BrClN3O. The highest BCUT2D eigenvalue weighted by atomic mass is 79.9. The monoisotopic (exact) mass is 349 g/mol. The summed E-state index contributed by atoms with van der Waals surface area (Å²) < 4.78 is 0.770. The highest BCUT2D eigenvalue weighted by Crippen LogP contribution is 2.22. The summed E-state index contributed by atoms with van der Waals surface area (Å²) in [4.78, 5) is 11.9. The van der Waals surface area contributed by atoms with Crippen molar-refractivity contribution in [2.45, 2.75) is 0 Å². The lowest BCUT2D eigenvalue weighted by Crippen LogP contribution is -2.20. The second-order valence-corrected chi connectivity index (χ2v) is 5.18. The van der Waals surface area contributed by atoms with Crippen molar-refractivity contribution < 1.29 is 4.79 Å². The summed E-state index contributed by atoms with van der Waals surface area (Å²) >= 11 is 9.22. The Morgan fingerprint density at radius 2 is 1.85 bits per heavy atom. The maximum absolute atomic E-state index is 11.9. The van der Waals surface area contributed by atoms with Crippen molar-refractivity contribution in [2.24, 2.45) is 0 Å². The quantitative estimate of drug-likeness (QED) is 0.830. The van der Waals surface area contributed by atoms with Gasteiger partial charge in [0.1, 0.15) is 6.07 Å². The number of rotatable bonds is 2. The number of urea groups is 1. The molecule has 0 fully saturated rings. The number of hydrogen-bond acceptors (Lipinski definition) is 2. The fourth-order valence-electron chi connectivity index (χ4n) is 1.56. The molecule has 2 amide bonds. The predicted octanol–water partition coefficient (Wildman–Crippen LogP) is 4.62. The number of nitrogens with one attached hydrogen (secondary N) is 2. The molecule has 0 heterocycles. The van der Waals surface area contributed by atoms with Gasteiger partial charge in [0, 0.05) is 4.47 Å². The van der Waals surface area contributed by atoms with E-state index in [1.54, 1.807) is 42.5 Å². The minimum atomic E-state index is -0.461. The van der Waals surface area contributed by atoms with Crippen LogP contribution in [0.4, 0.5) is 16.2 Å². The summed E-state index contributed by atoms with van der Waals surface area (Å²) in [7, 11) is 0. The van der Waals surface area contributed by atoms with Crippen molar-refractivity contribution in [3.05, 3.63) is 57.5 Å². The second-order valence-electron chi connectivity index (χ2n) is 3.86. The van der Waals surface area contributed by atoms with Crippen molar-refractivity contribution in [1.82, 2.24) is 0 Å². The molecule has 20 heavy (non-hydrogen) atoms. The van der Waals surface area contributed by atoms with Gasteiger partial charge in [0.25, 0.3) is 0 Å². The van der Waals surface area contributed by atoms with Crippen molar-refractivity contribution in [3.8, 4) is 6.07 Å². The van der Waals surface area contributed by atoms with Gasteiger partial charge in [-0.2, -0.15) is 5.26 Å². The van der Waals surface area contributed by atoms with Crippen LogP contribution in [0.1, 0.15) is 5.56 Å². The maximum Gasteiger partial charge on any atom is 0.323 e. The van der Waals surface area contributed by atoms with Crippen LogP contribution in [-0.2, 0) is 0 Å². The van der Waals surface area contributed by atoms with Crippen molar-refractivity contribution >= 4 is 44.9 Å². The lowest BCUT2D eigenvalue weighted by atomic mass is 10.2. The van der Waals surface area contributed by atoms with Gasteiger partial charge in [0.05, 0.1) is 22.0 Å². The number of halogens is 2. The van der Waals surface area contributed by atoms with E-state index < -0.39 is 6.03 Å². The Kier molecular flexibility index (Phi) is 4.61. The van der Waals surface area contributed by atoms with E-state index in [1.165, 1.54) is 0 Å². The standard InChI is InChI=1S/C14H9BrClN3O/c15-10-5-6-12(9(7-10)8-17)18-14(20)19-13-4-2-1-3-11(13)16/h1-7H,(H2,18,19,20). The SMILES string of the molecule is N#Cc1cc(Br)ccc1NC(=O)Nc1ccccc1Cl. The van der Waals surface area contributed by atoms with Crippen LogP contribution < -0.4 is 10.6 Å². The lowest BCUT2D eigenvalue weighted by molar-refractivity contribution is 0.262. The molecule has 2 rings (SSSR count). The van der Waals surface area contributed by atoms with Crippen molar-refractivity contribution in [1.29, 1.82) is 5.26 Å². The van der Waals surface area contributed by atoms with Crippen LogP contribution in [0, 0.1) is 11.3 Å². The molecule has 2 aromatic carbocycles. The molecule has 100 valence electrons. The Hall–Kier alpha value is -2.03. The van der Waals surface area contributed by atoms with E-state index in [2.05, 4.69) is 26.6 Å². The van der Waals surface area contributed by atoms with Crippen LogP contribution in [0.25, 0.3) is 0 Å². The summed E-state index contributed by atoms with van der Waals surface area (Å²) in [6.07, 6.45) is 0. The number of nitrogens with zero attached hydrogens (tertiary/aromatic N) is 1. The Bertz CT molecular complexity index is 697. The van der Waals surface area contributed by atoms with Gasteiger partial charge in [-0.25, -0.2) is 4.79 Å². The van der Waals surface area contributed by atoms with Crippen molar-refractivity contribution in [3.63, 3.8) is 0 Å². The Morgan fingerprint density at radius 3 is 2.55 bits per heavy atom. The molecule has 4 nitrogen and oxygen atoms in total. The molecule has 0 unspecified atom stereocenters. The van der Waals surface area contributed by atoms with E-state index in [9.17, 15) is 4.79 Å². The molecule has 2 aromatic rings. The first kappa shape index (κ1) is 14.4. The van der Waals surface area contributed by atoms with Crippen LogP contribution in [0.5, 0.6) is 0 Å². The van der Waals surface area contributed by atoms with Gasteiger partial charge in [-0.3, -0.25) is 0 Å². The summed E-state index contributed by atoms with van der Waals surface area (Å²) in [5.41, 5.74) is 1.30. The molecule has 0 saturated carbocycles. The number of benzene rings is 2. The van der Waals surface area contributed by atoms with Crippen LogP contribution >= 0.6 is 27.5 Å². The third-order valence-corrected chi connectivity index (χ3v) is 3.30. The largest absolute Gasteiger partial charge is 0.323 e. The molecule has 6 heteroatoms. The highest BCUT2D eigenvalue weighted by Gasteiger charge is 2.08. The fourth-order valence-corrected chi connectivity index (χ4v) is 2.10. The topological polar surface area (TPSA) is 64.9 Å². The first-order chi connectivity index (χ1) is 9.60. The number of nitriles is 1. The zero-order valence-corrected chi connectivity index (χ0v) is 12.5. The number of carbonyl (C=O) groups excluding carboxylic acids is 1. The first-order valence-corrected chi connectivity index (χ1v) is 6.79. The van der Waals surface area contributed by atoms with E-state index in [-0.39, 0.29) is 0 Å². The summed E-state index contributed by atoms with van der Waals surface area (Å²) in [5.74, 6) is 0. The molecule has 0 radical (unpaired) electrons. The predicted molar refractivity (Wildman–Crippen MR) is 83.0 cm³/mol. The minimum Gasteiger partial charge on any atom is -0.306 e. The molecule has 0 aromatic heterocycles. The molecule has 0 spiro atoms. The third-order valence-electron chi connectivity index (χ3n) is 2.47. The Morgan fingerprint density at radius 1 is 1.15 bits per heavy atom. The second kappa shape index (κ2) is 6.42. The van der Waals surface area contributed by atoms with Crippen LogP contribution in [0.3, 0.4) is 0 Å². The Balaban J connectivity index is 2.13. The van der Waals surface area contributed by atoms with Gasteiger partial charge in [-0.15, -0.1) is 0 Å². The zero-order valence-electron chi connectivity index (χ0n) is 10.2. The van der Waals surface area contributed by atoms with Gasteiger partial charge >= 0.3 is 6.03 Å². The number of para-hydroxylation sites is 1. The molecule has 0 aliphatic carbocycles. The van der Waals surface area contributed by atoms with Crippen LogP contribution in [0.2, 0.25) is 5.02 Å². The summed E-state index contributed by atoms with van der Waals surface area (Å²) in [6, 6.07) is 13.5. The zero-order chi connectivity index (χ0) is 14.5.